The number of halogens is 2. The second-order valence-corrected chi connectivity index (χ2v) is 3.61. The Morgan fingerprint density at radius 1 is 1.28 bits per heavy atom. The molecular weight excluding hydrogens is 244 g/mol. The lowest BCUT2D eigenvalue weighted by Crippen LogP contribution is -2.32. The molecule has 0 aromatic heterocycles. The molecule has 0 aliphatic rings. The zero-order valence-electron chi connectivity index (χ0n) is 10.2. The highest BCUT2D eigenvalue weighted by atomic mass is 19.1. The number of carbonyl (C=O) groups is 1. The zero-order chi connectivity index (χ0) is 13.5. The Morgan fingerprint density at radius 2 is 1.89 bits per heavy atom. The number of carbonyl (C=O) groups excluding carboxylic acids is 1. The van der Waals surface area contributed by atoms with Crippen molar-refractivity contribution in [2.24, 2.45) is 0 Å². The molecule has 0 fully saturated rings. The number of rotatable bonds is 6. The van der Waals surface area contributed by atoms with Gasteiger partial charge in [-0.25, -0.2) is 13.6 Å². The van der Waals surface area contributed by atoms with E-state index in [2.05, 4.69) is 10.1 Å². The summed E-state index contributed by atoms with van der Waals surface area (Å²) in [4.78, 5) is 11.6. The molecule has 0 aliphatic heterocycles. The zero-order valence-corrected chi connectivity index (χ0v) is 10.2. The van der Waals surface area contributed by atoms with E-state index in [1.54, 1.807) is 0 Å². The average Bonchev–Trinajstić information content (AvgIpc) is 2.32. The second kappa shape index (κ2) is 7.03. The van der Waals surface area contributed by atoms with Gasteiger partial charge in [-0.15, -0.1) is 0 Å². The van der Waals surface area contributed by atoms with Crippen LogP contribution in [0.1, 0.15) is 11.6 Å². The molecule has 1 aromatic rings. The summed E-state index contributed by atoms with van der Waals surface area (Å²) in [5, 5.41) is 2.81. The van der Waals surface area contributed by atoms with Crippen molar-refractivity contribution in [2.45, 2.75) is 6.04 Å². The molecule has 1 aromatic carbocycles. The predicted molar refractivity (Wildman–Crippen MR) is 61.0 cm³/mol. The van der Waals surface area contributed by atoms with Gasteiger partial charge in [0.15, 0.2) is 0 Å². The lowest BCUT2D eigenvalue weighted by Gasteiger charge is -2.16. The fraction of sp³-hybridized carbons (Fsp3) is 0.417. The lowest BCUT2D eigenvalue weighted by atomic mass is 10.1. The maximum atomic E-state index is 13.1. The van der Waals surface area contributed by atoms with Crippen LogP contribution in [0.5, 0.6) is 0 Å². The predicted octanol–water partition coefficient (Wildman–Crippen LogP) is 1.41. The van der Waals surface area contributed by atoms with E-state index in [-0.39, 0.29) is 5.56 Å². The molecule has 0 aliphatic carbocycles. The van der Waals surface area contributed by atoms with Crippen LogP contribution in [-0.2, 0) is 14.3 Å². The molecule has 100 valence electrons. The van der Waals surface area contributed by atoms with Crippen molar-refractivity contribution in [3.63, 3.8) is 0 Å². The number of hydrogen-bond donors (Lipinski definition) is 1. The van der Waals surface area contributed by atoms with Crippen molar-refractivity contribution in [2.75, 3.05) is 27.4 Å². The number of benzene rings is 1. The van der Waals surface area contributed by atoms with Gasteiger partial charge in [0, 0.05) is 19.7 Å². The minimum absolute atomic E-state index is 0.176. The summed E-state index contributed by atoms with van der Waals surface area (Å²) in [5.74, 6) is -2.10. The third-order valence-corrected chi connectivity index (χ3v) is 2.31. The highest BCUT2D eigenvalue weighted by molar-refractivity contribution is 5.77. The van der Waals surface area contributed by atoms with Gasteiger partial charge in [-0.1, -0.05) is 0 Å². The molecule has 0 heterocycles. The Labute approximate surface area is 104 Å². The van der Waals surface area contributed by atoms with E-state index in [0.717, 1.165) is 18.2 Å². The van der Waals surface area contributed by atoms with Crippen molar-refractivity contribution >= 4 is 5.97 Å². The molecule has 6 heteroatoms. The van der Waals surface area contributed by atoms with Crippen molar-refractivity contribution in [3.8, 4) is 0 Å². The van der Waals surface area contributed by atoms with Crippen LogP contribution in [0.2, 0.25) is 0 Å². The highest BCUT2D eigenvalue weighted by Crippen LogP contribution is 2.17. The quantitative estimate of drug-likeness (QED) is 0.620. The van der Waals surface area contributed by atoms with Crippen LogP contribution >= 0.6 is 0 Å². The molecule has 1 atom stereocenters. The first-order valence-corrected chi connectivity index (χ1v) is 5.34. The number of ether oxygens (including phenoxy) is 2. The van der Waals surface area contributed by atoms with Crippen LogP contribution < -0.4 is 5.32 Å². The van der Waals surface area contributed by atoms with Crippen LogP contribution in [-0.4, -0.2) is 33.3 Å². The Balaban J connectivity index is 2.90. The van der Waals surface area contributed by atoms with Crippen molar-refractivity contribution in [1.82, 2.24) is 5.32 Å². The monoisotopic (exact) mass is 259 g/mol. The van der Waals surface area contributed by atoms with Crippen molar-refractivity contribution in [1.29, 1.82) is 0 Å². The van der Waals surface area contributed by atoms with E-state index in [4.69, 9.17) is 4.74 Å². The van der Waals surface area contributed by atoms with Gasteiger partial charge in [0.1, 0.15) is 17.7 Å². The Kier molecular flexibility index (Phi) is 5.67. The maximum absolute atomic E-state index is 13.1. The van der Waals surface area contributed by atoms with Gasteiger partial charge in [-0.05, 0) is 17.7 Å². The van der Waals surface area contributed by atoms with Gasteiger partial charge in [-0.3, -0.25) is 5.32 Å². The normalized spacial score (nSPS) is 12.2. The smallest absolute Gasteiger partial charge is 0.327 e. The topological polar surface area (TPSA) is 47.6 Å². The molecule has 0 saturated carbocycles. The molecule has 0 amide bonds. The molecule has 1 N–H and O–H groups in total. The van der Waals surface area contributed by atoms with Crippen LogP contribution in [0.25, 0.3) is 0 Å². The Hall–Kier alpha value is -1.53. The van der Waals surface area contributed by atoms with Gasteiger partial charge >= 0.3 is 5.97 Å². The molecule has 0 radical (unpaired) electrons. The van der Waals surface area contributed by atoms with Crippen molar-refractivity contribution < 1.29 is 23.0 Å². The molecule has 1 rings (SSSR count). The van der Waals surface area contributed by atoms with Crippen LogP contribution in [0.3, 0.4) is 0 Å². The third kappa shape index (κ3) is 4.05. The first-order valence-electron chi connectivity index (χ1n) is 5.34. The van der Waals surface area contributed by atoms with Crippen molar-refractivity contribution in [3.05, 3.63) is 35.4 Å². The summed E-state index contributed by atoms with van der Waals surface area (Å²) in [6.07, 6.45) is 0. The average molecular weight is 259 g/mol. The molecule has 0 spiro atoms. The second-order valence-electron chi connectivity index (χ2n) is 3.61. The van der Waals surface area contributed by atoms with Gasteiger partial charge in [0.2, 0.25) is 0 Å². The van der Waals surface area contributed by atoms with E-state index in [9.17, 15) is 13.6 Å². The minimum Gasteiger partial charge on any atom is -0.468 e. The number of nitrogens with one attached hydrogen (secondary N) is 1. The van der Waals surface area contributed by atoms with E-state index < -0.39 is 23.6 Å². The molecule has 18 heavy (non-hydrogen) atoms. The van der Waals surface area contributed by atoms with Crippen LogP contribution in [0, 0.1) is 11.6 Å². The van der Waals surface area contributed by atoms with Gasteiger partial charge < -0.3 is 9.47 Å². The largest absolute Gasteiger partial charge is 0.468 e. The molecule has 0 saturated heterocycles. The van der Waals surface area contributed by atoms with Gasteiger partial charge in [0.25, 0.3) is 0 Å². The standard InChI is InChI=1S/C12H15F2NO3/c1-17-4-3-15-11(12(16)18-2)8-5-9(13)7-10(14)6-8/h5-7,11,15H,3-4H2,1-2H3. The van der Waals surface area contributed by atoms with Crippen LogP contribution in [0.15, 0.2) is 18.2 Å². The number of esters is 1. The summed E-state index contributed by atoms with van der Waals surface area (Å²) in [5.41, 5.74) is 0.176. The van der Waals surface area contributed by atoms with Crippen LogP contribution in [0.4, 0.5) is 8.78 Å². The molecular formula is C12H15F2NO3. The van der Waals surface area contributed by atoms with Gasteiger partial charge in [-0.2, -0.15) is 0 Å². The van der Waals surface area contributed by atoms with E-state index in [1.807, 2.05) is 0 Å². The SMILES string of the molecule is COCCNC(C(=O)OC)c1cc(F)cc(F)c1. The number of methoxy groups -OCH3 is 2. The molecule has 1 unspecified atom stereocenters. The summed E-state index contributed by atoms with van der Waals surface area (Å²) < 4.78 is 35.6. The summed E-state index contributed by atoms with van der Waals surface area (Å²) in [7, 11) is 2.72. The Morgan fingerprint density at radius 3 is 2.39 bits per heavy atom. The summed E-state index contributed by atoms with van der Waals surface area (Å²) in [6, 6.07) is 2.00. The number of hydrogen-bond acceptors (Lipinski definition) is 4. The molecule has 0 bridgehead atoms. The lowest BCUT2D eigenvalue weighted by molar-refractivity contribution is -0.143. The first kappa shape index (κ1) is 14.5. The molecule has 4 nitrogen and oxygen atoms in total. The maximum Gasteiger partial charge on any atom is 0.327 e. The Bertz CT molecular complexity index is 392. The third-order valence-electron chi connectivity index (χ3n) is 2.31. The minimum atomic E-state index is -0.921. The first-order chi connectivity index (χ1) is 8.58. The fourth-order valence-electron chi connectivity index (χ4n) is 1.50. The van der Waals surface area contributed by atoms with E-state index in [1.165, 1.54) is 14.2 Å². The summed E-state index contributed by atoms with van der Waals surface area (Å²) >= 11 is 0. The van der Waals surface area contributed by atoms with E-state index in [0.29, 0.717) is 13.2 Å². The summed E-state index contributed by atoms with van der Waals surface area (Å²) in [6.45, 7) is 0.722. The highest BCUT2D eigenvalue weighted by Gasteiger charge is 2.21. The van der Waals surface area contributed by atoms with E-state index >= 15 is 0 Å². The van der Waals surface area contributed by atoms with Gasteiger partial charge in [0.05, 0.1) is 13.7 Å². The fourth-order valence-corrected chi connectivity index (χ4v) is 1.50.